The molecule has 0 saturated heterocycles. The van der Waals surface area contributed by atoms with Gasteiger partial charge in [0.1, 0.15) is 17.3 Å². The van der Waals surface area contributed by atoms with Crippen molar-refractivity contribution in [3.63, 3.8) is 0 Å². The van der Waals surface area contributed by atoms with Crippen LogP contribution < -0.4 is 10.1 Å². The molecule has 0 aliphatic carbocycles. The van der Waals surface area contributed by atoms with Gasteiger partial charge >= 0.3 is 0 Å². The molecule has 0 unspecified atom stereocenters. The van der Waals surface area contributed by atoms with Crippen LogP contribution in [0.15, 0.2) is 67.0 Å². The lowest BCUT2D eigenvalue weighted by atomic mass is 10.1. The average molecular weight is 475 g/mol. The number of aryl methyl sites for hydroxylation is 1. The quantitative estimate of drug-likeness (QED) is 0.310. The first-order valence-electron chi connectivity index (χ1n) is 10.8. The molecule has 7 nitrogen and oxygen atoms in total. The number of nitrogens with one attached hydrogen (secondary N) is 2. The van der Waals surface area contributed by atoms with Crippen molar-refractivity contribution in [1.29, 1.82) is 0 Å². The summed E-state index contributed by atoms with van der Waals surface area (Å²) >= 11 is 1.54. The minimum atomic E-state index is -0.228. The van der Waals surface area contributed by atoms with Crippen LogP contribution in [0, 0.1) is 12.7 Å². The number of nitrogens with zero attached hydrogens (tertiary/aromatic N) is 4. The van der Waals surface area contributed by atoms with Crippen LogP contribution in [0.2, 0.25) is 0 Å². The van der Waals surface area contributed by atoms with E-state index in [1.54, 1.807) is 35.3 Å². The molecule has 9 heteroatoms. The number of H-pyrrole nitrogens is 1. The van der Waals surface area contributed by atoms with Gasteiger partial charge in [0.25, 0.3) is 0 Å². The van der Waals surface area contributed by atoms with E-state index in [2.05, 4.69) is 25.6 Å². The van der Waals surface area contributed by atoms with Crippen LogP contribution in [0.3, 0.4) is 0 Å². The molecule has 34 heavy (non-hydrogen) atoms. The van der Waals surface area contributed by atoms with Crippen molar-refractivity contribution in [2.24, 2.45) is 0 Å². The summed E-state index contributed by atoms with van der Waals surface area (Å²) in [6, 6.07) is 16.5. The lowest BCUT2D eigenvalue weighted by molar-refractivity contribution is 0.415. The average Bonchev–Trinajstić information content (AvgIpc) is 3.59. The highest BCUT2D eigenvalue weighted by Gasteiger charge is 2.14. The van der Waals surface area contributed by atoms with E-state index in [0.29, 0.717) is 18.7 Å². The minimum Gasteiger partial charge on any atom is -0.497 e. The van der Waals surface area contributed by atoms with Crippen molar-refractivity contribution in [2.75, 3.05) is 12.4 Å². The minimum absolute atomic E-state index is 0.228. The van der Waals surface area contributed by atoms with Gasteiger partial charge < -0.3 is 10.1 Å². The van der Waals surface area contributed by atoms with Crippen molar-refractivity contribution in [3.05, 3.63) is 89.6 Å². The number of hydrogen-bond acceptors (Lipinski definition) is 6. The Labute approximate surface area is 200 Å². The molecule has 0 saturated carbocycles. The highest BCUT2D eigenvalue weighted by atomic mass is 32.1. The molecule has 5 aromatic rings. The van der Waals surface area contributed by atoms with Crippen LogP contribution in [0.4, 0.5) is 9.52 Å². The van der Waals surface area contributed by atoms with E-state index in [1.165, 1.54) is 6.07 Å². The van der Waals surface area contributed by atoms with Crippen molar-refractivity contribution < 1.29 is 9.13 Å². The molecular formula is C25H23FN6OS. The molecule has 3 aromatic heterocycles. The summed E-state index contributed by atoms with van der Waals surface area (Å²) in [5.74, 6) is 0.582. The highest BCUT2D eigenvalue weighted by Crippen LogP contribution is 2.32. The maximum absolute atomic E-state index is 14.0. The van der Waals surface area contributed by atoms with E-state index in [-0.39, 0.29) is 5.82 Å². The molecular weight excluding hydrogens is 451 g/mol. The number of hydrogen-bond donors (Lipinski definition) is 2. The van der Waals surface area contributed by atoms with E-state index in [0.717, 1.165) is 44.0 Å². The van der Waals surface area contributed by atoms with Crippen molar-refractivity contribution >= 4 is 16.5 Å². The maximum atomic E-state index is 14.0. The SMILES string of the molecule is COc1ccc(-c2[nH]ncc2CNc2nc(C)c(-c3ccn(Cc4ccccc4F)n3)s2)cc1. The van der Waals surface area contributed by atoms with Gasteiger partial charge in [0.05, 0.1) is 36.1 Å². The molecule has 172 valence electrons. The normalized spacial score (nSPS) is 11.0. The lowest BCUT2D eigenvalue weighted by Gasteiger charge is -2.05. The molecule has 0 fully saturated rings. The second-order valence-electron chi connectivity index (χ2n) is 7.78. The molecule has 0 spiro atoms. The maximum Gasteiger partial charge on any atom is 0.183 e. The Morgan fingerprint density at radius 3 is 2.71 bits per heavy atom. The van der Waals surface area contributed by atoms with Crippen LogP contribution >= 0.6 is 11.3 Å². The summed E-state index contributed by atoms with van der Waals surface area (Å²) in [4.78, 5) is 5.65. The van der Waals surface area contributed by atoms with Gasteiger partial charge in [0.2, 0.25) is 0 Å². The molecule has 3 heterocycles. The number of aromatic nitrogens is 5. The van der Waals surface area contributed by atoms with E-state index >= 15 is 0 Å². The summed E-state index contributed by atoms with van der Waals surface area (Å²) in [5.41, 5.74) is 5.34. The van der Waals surface area contributed by atoms with E-state index in [1.807, 2.05) is 55.7 Å². The Morgan fingerprint density at radius 1 is 1.09 bits per heavy atom. The van der Waals surface area contributed by atoms with Crippen LogP contribution in [-0.4, -0.2) is 32.1 Å². The molecule has 0 aliphatic heterocycles. The molecule has 0 amide bonds. The van der Waals surface area contributed by atoms with Gasteiger partial charge in [-0.15, -0.1) is 0 Å². The van der Waals surface area contributed by atoms with Gasteiger partial charge in [0.15, 0.2) is 5.13 Å². The number of rotatable bonds is 8. The Bertz CT molecular complexity index is 1410. The van der Waals surface area contributed by atoms with Gasteiger partial charge in [-0.1, -0.05) is 29.5 Å². The third-order valence-corrected chi connectivity index (χ3v) is 6.62. The standard InChI is InChI=1S/C25H23FN6OS/c1-16-24(22-11-12-32(31-22)15-18-5-3-4-6-21(18)26)34-25(29-16)27-13-19-14-28-30-23(19)17-7-9-20(33-2)10-8-17/h3-12,14H,13,15H2,1-2H3,(H,27,29)(H,28,30). The fourth-order valence-electron chi connectivity index (χ4n) is 3.71. The Kier molecular flexibility index (Phi) is 6.09. The predicted molar refractivity (Wildman–Crippen MR) is 131 cm³/mol. The smallest absolute Gasteiger partial charge is 0.183 e. The number of thiazole rings is 1. The number of benzene rings is 2. The lowest BCUT2D eigenvalue weighted by Crippen LogP contribution is -2.02. The van der Waals surface area contributed by atoms with Crippen LogP contribution in [0.5, 0.6) is 5.75 Å². The first-order chi connectivity index (χ1) is 16.6. The number of anilines is 1. The third kappa shape index (κ3) is 4.55. The van der Waals surface area contributed by atoms with Gasteiger partial charge in [0, 0.05) is 29.4 Å². The fraction of sp³-hybridized carbons (Fsp3) is 0.160. The first kappa shape index (κ1) is 21.8. The molecule has 2 N–H and O–H groups in total. The largest absolute Gasteiger partial charge is 0.497 e. The van der Waals surface area contributed by atoms with E-state index in [9.17, 15) is 4.39 Å². The number of ether oxygens (including phenoxy) is 1. The zero-order valence-corrected chi connectivity index (χ0v) is 19.6. The van der Waals surface area contributed by atoms with Gasteiger partial charge in [-0.25, -0.2) is 9.37 Å². The van der Waals surface area contributed by atoms with Crippen LogP contribution in [0.1, 0.15) is 16.8 Å². The number of halogens is 1. The summed E-state index contributed by atoms with van der Waals surface area (Å²) in [6.45, 7) is 2.92. The van der Waals surface area contributed by atoms with Crippen molar-refractivity contribution in [2.45, 2.75) is 20.0 Å². The van der Waals surface area contributed by atoms with Crippen LogP contribution in [0.25, 0.3) is 21.8 Å². The Hall–Kier alpha value is -3.98. The van der Waals surface area contributed by atoms with E-state index < -0.39 is 0 Å². The van der Waals surface area contributed by atoms with Gasteiger partial charge in [-0.3, -0.25) is 9.78 Å². The topological polar surface area (TPSA) is 80.6 Å². The molecule has 5 rings (SSSR count). The molecule has 0 bridgehead atoms. The zero-order chi connectivity index (χ0) is 23.5. The van der Waals surface area contributed by atoms with Crippen molar-refractivity contribution in [3.8, 4) is 27.6 Å². The van der Waals surface area contributed by atoms with Crippen molar-refractivity contribution in [1.82, 2.24) is 25.0 Å². The highest BCUT2D eigenvalue weighted by molar-refractivity contribution is 7.19. The van der Waals surface area contributed by atoms with Crippen LogP contribution in [-0.2, 0) is 13.1 Å². The number of methoxy groups -OCH3 is 1. The molecule has 2 aromatic carbocycles. The Morgan fingerprint density at radius 2 is 1.91 bits per heavy atom. The molecule has 0 atom stereocenters. The summed E-state index contributed by atoms with van der Waals surface area (Å²) in [6.07, 6.45) is 3.68. The fourth-order valence-corrected chi connectivity index (χ4v) is 4.63. The first-order valence-corrected chi connectivity index (χ1v) is 11.6. The monoisotopic (exact) mass is 474 g/mol. The van der Waals surface area contributed by atoms with Gasteiger partial charge in [-0.2, -0.15) is 10.2 Å². The van der Waals surface area contributed by atoms with Gasteiger partial charge in [-0.05, 0) is 43.3 Å². The predicted octanol–water partition coefficient (Wildman–Crippen LogP) is 5.51. The third-order valence-electron chi connectivity index (χ3n) is 5.49. The number of aromatic amines is 1. The second kappa shape index (κ2) is 9.48. The second-order valence-corrected chi connectivity index (χ2v) is 8.77. The summed E-state index contributed by atoms with van der Waals surface area (Å²) in [5, 5.41) is 16.1. The zero-order valence-electron chi connectivity index (χ0n) is 18.7. The summed E-state index contributed by atoms with van der Waals surface area (Å²) < 4.78 is 21.0. The Balaban J connectivity index is 1.29. The summed E-state index contributed by atoms with van der Waals surface area (Å²) in [7, 11) is 1.65. The molecule has 0 aliphatic rings. The molecule has 0 radical (unpaired) electrons. The van der Waals surface area contributed by atoms with E-state index in [4.69, 9.17) is 4.74 Å².